The Labute approximate surface area is 220 Å². The molecule has 0 bridgehead atoms. The predicted octanol–water partition coefficient (Wildman–Crippen LogP) is 2.21. The van der Waals surface area contributed by atoms with Crippen molar-refractivity contribution in [1.82, 2.24) is 19.9 Å². The molecule has 4 aliphatic rings. The van der Waals surface area contributed by atoms with Gasteiger partial charge in [0.25, 0.3) is 6.01 Å². The first-order chi connectivity index (χ1) is 18.4. The molecule has 202 valence electrons. The number of hydrogen-bond acceptors (Lipinski definition) is 9. The molecule has 6 heterocycles. The Morgan fingerprint density at radius 1 is 1.11 bits per heavy atom. The van der Waals surface area contributed by atoms with Gasteiger partial charge in [0.1, 0.15) is 41.6 Å². The summed E-state index contributed by atoms with van der Waals surface area (Å²) in [5, 5.41) is 10.0. The summed E-state index contributed by atoms with van der Waals surface area (Å²) in [5.41, 5.74) is 1.34. The molecule has 7 rings (SSSR count). The van der Waals surface area contributed by atoms with E-state index in [0.717, 1.165) is 26.3 Å². The van der Waals surface area contributed by atoms with Gasteiger partial charge in [0.15, 0.2) is 11.8 Å². The molecule has 1 aromatic carbocycles. The lowest BCUT2D eigenvalue weighted by Gasteiger charge is -2.55. The third-order valence-electron chi connectivity index (χ3n) is 7.51. The zero-order valence-corrected chi connectivity index (χ0v) is 20.9. The number of H-pyrrole nitrogens is 1. The molecular formula is C25H25ClF2N4O6. The number of rotatable bonds is 7. The molecule has 3 aromatic rings. The fourth-order valence-electron chi connectivity index (χ4n) is 5.60. The molecule has 38 heavy (non-hydrogen) atoms. The standard InChI is InChI=1S/C25H25ClF2N4O6/c26-14-3-17-22(31-24(29-17)38-19-7-36-20-18(33)6-35-21(19)20)30-23(14)37-5-13-15(27)1-12(2-16(13)28)4-32-8-25(9-32)10-34-11-25/h1-3,18-21,33H,4-11H2,(H,29,30,31)/t18-,19-,20-,21-/m1/s1. The van der Waals surface area contributed by atoms with Crippen molar-refractivity contribution in [2.24, 2.45) is 5.41 Å². The van der Waals surface area contributed by atoms with E-state index in [9.17, 15) is 13.9 Å². The van der Waals surface area contributed by atoms with Crippen molar-refractivity contribution < 1.29 is 37.6 Å². The van der Waals surface area contributed by atoms with Crippen LogP contribution in [0.15, 0.2) is 18.2 Å². The molecular weight excluding hydrogens is 526 g/mol. The number of aromatic amines is 1. The average Bonchev–Trinajstić information content (AvgIpc) is 3.51. The number of hydrogen-bond donors (Lipinski definition) is 2. The van der Waals surface area contributed by atoms with E-state index >= 15 is 0 Å². The molecule has 4 aliphatic heterocycles. The van der Waals surface area contributed by atoms with Crippen molar-refractivity contribution in [2.75, 3.05) is 39.5 Å². The molecule has 10 nitrogen and oxygen atoms in total. The van der Waals surface area contributed by atoms with Crippen LogP contribution in [0.3, 0.4) is 0 Å². The van der Waals surface area contributed by atoms with E-state index in [-0.39, 0.29) is 46.8 Å². The van der Waals surface area contributed by atoms with Gasteiger partial charge >= 0.3 is 0 Å². The summed E-state index contributed by atoms with van der Waals surface area (Å²) in [6.45, 7) is 3.78. The minimum atomic E-state index is -0.689. The van der Waals surface area contributed by atoms with Crippen LogP contribution < -0.4 is 9.47 Å². The monoisotopic (exact) mass is 550 g/mol. The Hall–Kier alpha value is -2.61. The lowest BCUT2D eigenvalue weighted by molar-refractivity contribution is -0.191. The number of aromatic nitrogens is 3. The van der Waals surface area contributed by atoms with E-state index in [4.69, 9.17) is 35.3 Å². The summed E-state index contributed by atoms with van der Waals surface area (Å²) in [5.74, 6) is -1.39. The van der Waals surface area contributed by atoms with Crippen LogP contribution in [0.25, 0.3) is 11.2 Å². The molecule has 0 unspecified atom stereocenters. The zero-order valence-electron chi connectivity index (χ0n) is 20.2. The quantitative estimate of drug-likeness (QED) is 0.457. The number of fused-ring (bicyclic) bond motifs is 2. The number of benzene rings is 1. The second-order valence-electron chi connectivity index (χ2n) is 10.5. The maximum absolute atomic E-state index is 14.8. The molecule has 4 atom stereocenters. The van der Waals surface area contributed by atoms with E-state index < -0.39 is 42.7 Å². The summed E-state index contributed by atoms with van der Waals surface area (Å²) < 4.78 is 57.5. The van der Waals surface area contributed by atoms with Crippen molar-refractivity contribution in [3.63, 3.8) is 0 Å². The van der Waals surface area contributed by atoms with E-state index in [1.54, 1.807) is 6.07 Å². The van der Waals surface area contributed by atoms with Gasteiger partial charge in [-0.2, -0.15) is 9.97 Å². The number of aliphatic hydroxyl groups is 1. The van der Waals surface area contributed by atoms with Crippen LogP contribution in [-0.2, 0) is 27.4 Å². The third kappa shape index (κ3) is 4.29. The minimum absolute atomic E-state index is 0.0137. The number of nitrogens with zero attached hydrogens (tertiary/aromatic N) is 3. The molecule has 2 N–H and O–H groups in total. The van der Waals surface area contributed by atoms with Crippen molar-refractivity contribution in [3.8, 4) is 11.9 Å². The second kappa shape index (κ2) is 9.25. The van der Waals surface area contributed by atoms with Crippen molar-refractivity contribution in [3.05, 3.63) is 46.0 Å². The van der Waals surface area contributed by atoms with Gasteiger partial charge in [0, 0.05) is 25.0 Å². The number of halogens is 3. The Morgan fingerprint density at radius 2 is 1.87 bits per heavy atom. The van der Waals surface area contributed by atoms with E-state index in [0.29, 0.717) is 17.6 Å². The molecule has 1 spiro atoms. The SMILES string of the molecule is O[C@@H]1CO[C@H]2[C@@H]1OC[C@H]2Oc1nc2nc(OCc3c(F)cc(CN4CC5(COC5)C4)cc3F)c(Cl)cc2[nH]1. The van der Waals surface area contributed by atoms with Gasteiger partial charge in [-0.1, -0.05) is 11.6 Å². The molecule has 0 amide bonds. The van der Waals surface area contributed by atoms with Crippen LogP contribution >= 0.6 is 11.6 Å². The fourth-order valence-corrected chi connectivity index (χ4v) is 5.80. The third-order valence-corrected chi connectivity index (χ3v) is 7.78. The van der Waals surface area contributed by atoms with Crippen LogP contribution in [0.5, 0.6) is 11.9 Å². The number of pyridine rings is 1. The van der Waals surface area contributed by atoms with E-state index in [1.807, 2.05) is 0 Å². The molecule has 4 saturated heterocycles. The normalized spacial score (nSPS) is 27.9. The topological polar surface area (TPSA) is 111 Å². The summed E-state index contributed by atoms with van der Waals surface area (Å²) in [4.78, 5) is 13.7. The highest BCUT2D eigenvalue weighted by Crippen LogP contribution is 2.38. The van der Waals surface area contributed by atoms with Crippen LogP contribution in [0.2, 0.25) is 5.02 Å². The Balaban J connectivity index is 1.01. The lowest BCUT2D eigenvalue weighted by atomic mass is 9.78. The highest BCUT2D eigenvalue weighted by molar-refractivity contribution is 6.32. The number of aliphatic hydroxyl groups excluding tert-OH is 1. The first-order valence-corrected chi connectivity index (χ1v) is 12.8. The highest BCUT2D eigenvalue weighted by Gasteiger charge is 2.49. The van der Waals surface area contributed by atoms with Gasteiger partial charge in [0.05, 0.1) is 37.5 Å². The molecule has 13 heteroatoms. The number of nitrogens with one attached hydrogen (secondary N) is 1. The summed E-state index contributed by atoms with van der Waals surface area (Å²) >= 11 is 6.32. The summed E-state index contributed by atoms with van der Waals surface area (Å²) in [7, 11) is 0. The lowest BCUT2D eigenvalue weighted by Crippen LogP contribution is -2.65. The van der Waals surface area contributed by atoms with Crippen molar-refractivity contribution in [1.29, 1.82) is 0 Å². The van der Waals surface area contributed by atoms with Crippen molar-refractivity contribution >= 4 is 22.8 Å². The van der Waals surface area contributed by atoms with Crippen LogP contribution in [0.1, 0.15) is 11.1 Å². The van der Waals surface area contributed by atoms with Crippen LogP contribution in [0, 0.1) is 17.0 Å². The van der Waals surface area contributed by atoms with Gasteiger partial charge in [-0.3, -0.25) is 4.90 Å². The smallest absolute Gasteiger partial charge is 0.296 e. The number of ether oxygens (including phenoxy) is 5. The predicted molar refractivity (Wildman–Crippen MR) is 128 cm³/mol. The van der Waals surface area contributed by atoms with Gasteiger partial charge in [0.2, 0.25) is 5.88 Å². The highest BCUT2D eigenvalue weighted by atomic mass is 35.5. The average molecular weight is 551 g/mol. The molecule has 0 saturated carbocycles. The zero-order chi connectivity index (χ0) is 26.0. The Bertz CT molecular complexity index is 1360. The van der Waals surface area contributed by atoms with Gasteiger partial charge < -0.3 is 33.8 Å². The molecule has 0 radical (unpaired) electrons. The Morgan fingerprint density at radius 3 is 2.61 bits per heavy atom. The Kier molecular flexibility index (Phi) is 5.95. The first-order valence-electron chi connectivity index (χ1n) is 12.4. The van der Waals surface area contributed by atoms with E-state index in [2.05, 4.69) is 19.9 Å². The van der Waals surface area contributed by atoms with Gasteiger partial charge in [-0.05, 0) is 23.8 Å². The van der Waals surface area contributed by atoms with Crippen LogP contribution in [0.4, 0.5) is 8.78 Å². The number of imidazole rings is 1. The number of likely N-dealkylation sites (tertiary alicyclic amines) is 1. The molecule has 2 aromatic heterocycles. The van der Waals surface area contributed by atoms with E-state index in [1.165, 1.54) is 12.1 Å². The second-order valence-corrected chi connectivity index (χ2v) is 10.9. The maximum atomic E-state index is 14.8. The molecule has 0 aliphatic carbocycles. The fraction of sp³-hybridized carbons (Fsp3) is 0.520. The largest absolute Gasteiger partial charge is 0.471 e. The minimum Gasteiger partial charge on any atom is -0.471 e. The summed E-state index contributed by atoms with van der Waals surface area (Å²) in [6, 6.07) is 4.39. The first kappa shape index (κ1) is 24.4. The van der Waals surface area contributed by atoms with Gasteiger partial charge in [-0.15, -0.1) is 0 Å². The maximum Gasteiger partial charge on any atom is 0.296 e. The molecule has 4 fully saturated rings. The van der Waals surface area contributed by atoms with Crippen molar-refractivity contribution in [2.45, 2.75) is 37.6 Å². The van der Waals surface area contributed by atoms with Crippen LogP contribution in [-0.4, -0.2) is 88.9 Å². The van der Waals surface area contributed by atoms with Gasteiger partial charge in [-0.25, -0.2) is 8.78 Å². The summed E-state index contributed by atoms with van der Waals surface area (Å²) in [6.07, 6.45) is -1.97.